The Kier molecular flexibility index (Phi) is 7.00. The van der Waals surface area contributed by atoms with Crippen LogP contribution >= 0.6 is 0 Å². The second kappa shape index (κ2) is 10.7. The van der Waals surface area contributed by atoms with Crippen molar-refractivity contribution in [3.8, 4) is 22.8 Å². The number of hydrogen-bond acceptors (Lipinski definition) is 7. The quantitative estimate of drug-likeness (QED) is 0.372. The summed E-state index contributed by atoms with van der Waals surface area (Å²) in [7, 11) is 0. The van der Waals surface area contributed by atoms with E-state index in [1.165, 1.54) is 25.9 Å². The summed E-state index contributed by atoms with van der Waals surface area (Å²) in [5, 5.41) is 5.92. The average Bonchev–Trinajstić information content (AvgIpc) is 3.35. The van der Waals surface area contributed by atoms with Crippen molar-refractivity contribution in [1.29, 1.82) is 0 Å². The van der Waals surface area contributed by atoms with Crippen molar-refractivity contribution in [2.45, 2.75) is 57.7 Å². The molecule has 0 spiro atoms. The second-order valence-corrected chi connectivity index (χ2v) is 10.8. The van der Waals surface area contributed by atoms with Gasteiger partial charge in [-0.25, -0.2) is 14.6 Å². The number of benzene rings is 2. The van der Waals surface area contributed by atoms with E-state index >= 15 is 0 Å². The predicted octanol–water partition coefficient (Wildman–Crippen LogP) is 5.38. The summed E-state index contributed by atoms with van der Waals surface area (Å²) >= 11 is 0. The first kappa shape index (κ1) is 24.8. The number of para-hydroxylation sites is 1. The van der Waals surface area contributed by atoms with E-state index in [0.29, 0.717) is 23.9 Å². The molecule has 0 aliphatic carbocycles. The van der Waals surface area contributed by atoms with Gasteiger partial charge in [0.25, 0.3) is 0 Å². The van der Waals surface area contributed by atoms with Crippen LogP contribution in [-0.4, -0.2) is 67.8 Å². The largest absolute Gasteiger partial charge is 0.457 e. The van der Waals surface area contributed by atoms with E-state index in [-0.39, 0.29) is 0 Å². The molecule has 2 aromatic carbocycles. The van der Waals surface area contributed by atoms with E-state index in [9.17, 15) is 0 Å². The zero-order valence-corrected chi connectivity index (χ0v) is 22.3. The van der Waals surface area contributed by atoms with Crippen LogP contribution < -0.4 is 10.5 Å². The molecule has 198 valence electrons. The first-order chi connectivity index (χ1) is 18.6. The Balaban J connectivity index is 1.20. The number of nitrogens with zero attached hydrogens (tertiary/aromatic N) is 6. The maximum Gasteiger partial charge on any atom is 0.164 e. The van der Waals surface area contributed by atoms with Crippen LogP contribution in [0.2, 0.25) is 0 Å². The number of nitrogens with two attached hydrogens (primary N) is 1. The number of ether oxygens (including phenoxy) is 1. The van der Waals surface area contributed by atoms with Gasteiger partial charge in [0.1, 0.15) is 29.3 Å². The minimum Gasteiger partial charge on any atom is -0.457 e. The Morgan fingerprint density at radius 1 is 0.816 bits per heavy atom. The molecule has 0 unspecified atom stereocenters. The van der Waals surface area contributed by atoms with Gasteiger partial charge in [0.2, 0.25) is 0 Å². The molecule has 2 aliphatic rings. The molecule has 2 aliphatic heterocycles. The van der Waals surface area contributed by atoms with Crippen molar-refractivity contribution < 1.29 is 4.74 Å². The molecule has 6 rings (SSSR count). The van der Waals surface area contributed by atoms with E-state index in [4.69, 9.17) is 15.6 Å². The average molecular weight is 512 g/mol. The zero-order chi connectivity index (χ0) is 26.1. The predicted molar refractivity (Wildman–Crippen MR) is 151 cm³/mol. The van der Waals surface area contributed by atoms with Crippen LogP contribution in [0, 0.1) is 0 Å². The molecular formula is C30H37N7O. The fraction of sp³-hybridized carbons (Fsp3) is 0.433. The Bertz CT molecular complexity index is 1350. The van der Waals surface area contributed by atoms with E-state index in [1.807, 2.05) is 54.6 Å². The number of nitrogen functional groups attached to an aromatic ring is 1. The van der Waals surface area contributed by atoms with Gasteiger partial charge in [0.15, 0.2) is 5.65 Å². The Hall–Kier alpha value is -3.49. The molecule has 0 radical (unpaired) electrons. The molecule has 2 saturated heterocycles. The Morgan fingerprint density at radius 2 is 1.47 bits per heavy atom. The molecule has 2 aromatic heterocycles. The highest BCUT2D eigenvalue weighted by molar-refractivity contribution is 5.98. The van der Waals surface area contributed by atoms with Crippen LogP contribution in [0.3, 0.4) is 0 Å². The van der Waals surface area contributed by atoms with Crippen LogP contribution in [-0.2, 0) is 0 Å². The summed E-state index contributed by atoms with van der Waals surface area (Å²) in [6.45, 7) is 9.22. The lowest BCUT2D eigenvalue weighted by Gasteiger charge is -2.42. The molecule has 0 amide bonds. The summed E-state index contributed by atoms with van der Waals surface area (Å²) in [6, 6.07) is 19.4. The number of fused-ring (bicyclic) bond motifs is 1. The van der Waals surface area contributed by atoms with Crippen LogP contribution in [0.15, 0.2) is 60.9 Å². The lowest BCUT2D eigenvalue weighted by Crippen LogP contribution is -2.49. The molecule has 2 N–H and O–H groups in total. The third kappa shape index (κ3) is 4.98. The fourth-order valence-electron chi connectivity index (χ4n) is 6.02. The van der Waals surface area contributed by atoms with Crippen molar-refractivity contribution in [3.63, 3.8) is 0 Å². The molecule has 2 fully saturated rings. The number of piperidine rings is 2. The monoisotopic (exact) mass is 511 g/mol. The topological polar surface area (TPSA) is 85.3 Å². The summed E-state index contributed by atoms with van der Waals surface area (Å²) in [6.07, 6.45) is 6.22. The van der Waals surface area contributed by atoms with Gasteiger partial charge in [-0.3, -0.25) is 0 Å². The van der Waals surface area contributed by atoms with Gasteiger partial charge >= 0.3 is 0 Å². The van der Waals surface area contributed by atoms with E-state index in [0.717, 1.165) is 59.7 Å². The molecule has 0 saturated carbocycles. The van der Waals surface area contributed by atoms with Gasteiger partial charge in [-0.2, -0.15) is 5.10 Å². The normalized spacial score (nSPS) is 18.4. The second-order valence-electron chi connectivity index (χ2n) is 10.8. The Labute approximate surface area is 224 Å². The van der Waals surface area contributed by atoms with Gasteiger partial charge in [0, 0.05) is 30.7 Å². The smallest absolute Gasteiger partial charge is 0.164 e. The van der Waals surface area contributed by atoms with Gasteiger partial charge in [-0.15, -0.1) is 0 Å². The van der Waals surface area contributed by atoms with Crippen LogP contribution in [0.1, 0.15) is 45.6 Å². The standard InChI is InChI=1S/C30H37N7O/c1-21(2)35-16-12-23(13-17-35)36-18-14-24(15-19-36)37-30-27(29(31)32-20-33-30)28(34-37)22-8-10-26(11-9-22)38-25-6-4-3-5-7-25/h3-11,20-21,23-24H,12-19H2,1-2H3,(H2,31,32,33). The molecule has 0 atom stereocenters. The minimum atomic E-state index is 0.299. The number of hydrogen-bond donors (Lipinski definition) is 1. The molecule has 4 aromatic rings. The van der Waals surface area contributed by atoms with Crippen molar-refractivity contribution in [2.75, 3.05) is 31.9 Å². The molecular weight excluding hydrogens is 474 g/mol. The highest BCUT2D eigenvalue weighted by atomic mass is 16.5. The Morgan fingerprint density at radius 3 is 2.16 bits per heavy atom. The number of aromatic nitrogens is 4. The van der Waals surface area contributed by atoms with E-state index in [2.05, 4.69) is 38.3 Å². The van der Waals surface area contributed by atoms with Crippen LogP contribution in [0.4, 0.5) is 5.82 Å². The van der Waals surface area contributed by atoms with Crippen LogP contribution in [0.5, 0.6) is 11.5 Å². The SMILES string of the molecule is CC(C)N1CCC(N2CCC(n3nc(-c4ccc(Oc5ccccc5)cc4)c4c(N)ncnc43)CC2)CC1. The third-order valence-electron chi connectivity index (χ3n) is 8.22. The van der Waals surface area contributed by atoms with E-state index < -0.39 is 0 Å². The zero-order valence-electron chi connectivity index (χ0n) is 22.3. The fourth-order valence-corrected chi connectivity index (χ4v) is 6.02. The lowest BCUT2D eigenvalue weighted by atomic mass is 9.97. The van der Waals surface area contributed by atoms with Gasteiger partial charge in [0.05, 0.1) is 11.4 Å². The number of likely N-dealkylation sites (tertiary alicyclic amines) is 2. The van der Waals surface area contributed by atoms with Crippen molar-refractivity contribution in [1.82, 2.24) is 29.5 Å². The molecule has 8 heteroatoms. The molecule has 8 nitrogen and oxygen atoms in total. The highest BCUT2D eigenvalue weighted by Gasteiger charge is 2.31. The summed E-state index contributed by atoms with van der Waals surface area (Å²) in [5.74, 6) is 2.05. The molecule has 38 heavy (non-hydrogen) atoms. The minimum absolute atomic E-state index is 0.299. The molecule has 4 heterocycles. The lowest BCUT2D eigenvalue weighted by molar-refractivity contribution is 0.0677. The number of rotatable bonds is 6. The maximum atomic E-state index is 6.38. The molecule has 0 bridgehead atoms. The highest BCUT2D eigenvalue weighted by Crippen LogP contribution is 2.36. The maximum absolute atomic E-state index is 6.38. The van der Waals surface area contributed by atoms with Crippen molar-refractivity contribution in [2.24, 2.45) is 0 Å². The third-order valence-corrected chi connectivity index (χ3v) is 8.22. The van der Waals surface area contributed by atoms with E-state index in [1.54, 1.807) is 6.33 Å². The summed E-state index contributed by atoms with van der Waals surface area (Å²) in [5.41, 5.74) is 9.00. The summed E-state index contributed by atoms with van der Waals surface area (Å²) in [4.78, 5) is 14.2. The van der Waals surface area contributed by atoms with Crippen molar-refractivity contribution in [3.05, 3.63) is 60.9 Å². The van der Waals surface area contributed by atoms with Crippen LogP contribution in [0.25, 0.3) is 22.3 Å². The number of anilines is 1. The summed E-state index contributed by atoms with van der Waals surface area (Å²) < 4.78 is 8.08. The van der Waals surface area contributed by atoms with Gasteiger partial charge in [-0.05, 0) is 89.0 Å². The first-order valence-electron chi connectivity index (χ1n) is 13.9. The van der Waals surface area contributed by atoms with Crippen molar-refractivity contribution >= 4 is 16.9 Å². The first-order valence-corrected chi connectivity index (χ1v) is 13.9. The van der Waals surface area contributed by atoms with Gasteiger partial charge < -0.3 is 20.3 Å². The van der Waals surface area contributed by atoms with Gasteiger partial charge in [-0.1, -0.05) is 18.2 Å².